The van der Waals surface area contributed by atoms with Crippen molar-refractivity contribution < 1.29 is 23.9 Å². The zero-order valence-corrected chi connectivity index (χ0v) is 18.9. The molecule has 1 fully saturated rings. The summed E-state index contributed by atoms with van der Waals surface area (Å²) in [5, 5.41) is 8.60. The molecule has 1 saturated heterocycles. The molecule has 1 aromatic heterocycles. The number of nitrogens with two attached hydrogens (primary N) is 1. The number of rotatable bonds is 6. The van der Waals surface area contributed by atoms with E-state index in [4.69, 9.17) is 15.2 Å². The number of nitrogens with zero attached hydrogens (tertiary/aromatic N) is 3. The Labute approximate surface area is 180 Å². The Bertz CT molecular complexity index is 863. The molecule has 2 aliphatic heterocycles. The molecule has 12 heteroatoms. The second kappa shape index (κ2) is 8.62. The van der Waals surface area contributed by atoms with Crippen molar-refractivity contribution in [2.75, 3.05) is 18.3 Å². The number of β-lactam (4-membered cyclic amide) rings is 1. The van der Waals surface area contributed by atoms with Crippen LogP contribution in [-0.2, 0) is 23.9 Å². The largest absolute Gasteiger partial charge is 0.427 e. The van der Waals surface area contributed by atoms with E-state index in [1.807, 2.05) is 6.92 Å². The topological polar surface area (TPSA) is 125 Å². The third-order valence-corrected chi connectivity index (χ3v) is 7.57. The van der Waals surface area contributed by atoms with E-state index in [1.165, 1.54) is 39.8 Å². The van der Waals surface area contributed by atoms with Gasteiger partial charge in [0, 0.05) is 11.5 Å². The van der Waals surface area contributed by atoms with Crippen LogP contribution in [0.5, 0.6) is 0 Å². The van der Waals surface area contributed by atoms with E-state index in [0.717, 1.165) is 14.9 Å². The van der Waals surface area contributed by atoms with Crippen molar-refractivity contribution in [2.45, 2.75) is 43.5 Å². The summed E-state index contributed by atoms with van der Waals surface area (Å²) < 4.78 is 10.9. The van der Waals surface area contributed by atoms with E-state index in [1.54, 1.807) is 20.8 Å². The molecular formula is C17H22N4O5S3. The first kappa shape index (κ1) is 22.1. The van der Waals surface area contributed by atoms with E-state index in [-0.39, 0.29) is 17.0 Å². The maximum absolute atomic E-state index is 12.7. The number of hydrogen-bond acceptors (Lipinski definition) is 11. The van der Waals surface area contributed by atoms with Crippen molar-refractivity contribution in [2.24, 2.45) is 11.1 Å². The molecule has 158 valence electrons. The third kappa shape index (κ3) is 4.76. The van der Waals surface area contributed by atoms with Gasteiger partial charge in [0.25, 0.3) is 0 Å². The average molecular weight is 459 g/mol. The lowest BCUT2D eigenvalue weighted by atomic mass is 9.98. The highest BCUT2D eigenvalue weighted by Gasteiger charge is 2.52. The molecule has 0 saturated carbocycles. The normalized spacial score (nSPS) is 21.6. The fraction of sp³-hybridized carbons (Fsp3) is 0.588. The van der Waals surface area contributed by atoms with E-state index < -0.39 is 30.2 Å². The van der Waals surface area contributed by atoms with Crippen molar-refractivity contribution >= 4 is 52.7 Å². The van der Waals surface area contributed by atoms with Crippen LogP contribution in [0.3, 0.4) is 0 Å². The molecule has 1 aromatic rings. The number of fused-ring (bicyclic) bond motifs is 1. The Morgan fingerprint density at radius 1 is 1.31 bits per heavy atom. The van der Waals surface area contributed by atoms with E-state index >= 15 is 0 Å². The second-order valence-electron chi connectivity index (χ2n) is 7.49. The van der Waals surface area contributed by atoms with Crippen LogP contribution in [0.4, 0.5) is 0 Å². The van der Waals surface area contributed by atoms with Gasteiger partial charge in [0.05, 0.1) is 5.41 Å². The first-order valence-electron chi connectivity index (χ1n) is 8.79. The van der Waals surface area contributed by atoms with Crippen molar-refractivity contribution in [1.82, 2.24) is 15.1 Å². The number of amides is 1. The number of aryl methyl sites for hydroxylation is 1. The average Bonchev–Trinajstić information content (AvgIpc) is 3.09. The third-order valence-electron chi connectivity index (χ3n) is 4.15. The molecular weight excluding hydrogens is 436 g/mol. The molecule has 0 spiro atoms. The number of carbonyl (C=O) groups excluding carboxylic acids is 3. The standard InChI is InChI=1S/C17H22N4O5S3/c1-8-19-20-16(29-8)28-6-9-5-27-13-10(18)12(22)21(13)11(9)14(23)25-7-26-15(24)17(2,3)4/h10,13H,5-7,18H2,1-4H3/t10?,13-/m0/s1. The molecule has 29 heavy (non-hydrogen) atoms. The summed E-state index contributed by atoms with van der Waals surface area (Å²) in [5.74, 6) is -0.518. The Hall–Kier alpha value is -1.63. The van der Waals surface area contributed by atoms with Gasteiger partial charge in [-0.05, 0) is 33.3 Å². The van der Waals surface area contributed by atoms with Gasteiger partial charge < -0.3 is 15.2 Å². The van der Waals surface area contributed by atoms with Crippen LogP contribution >= 0.6 is 34.9 Å². The molecule has 1 amide bonds. The molecule has 9 nitrogen and oxygen atoms in total. The van der Waals surface area contributed by atoms with Crippen molar-refractivity contribution in [3.05, 3.63) is 16.3 Å². The van der Waals surface area contributed by atoms with Crippen molar-refractivity contribution in [1.29, 1.82) is 0 Å². The van der Waals surface area contributed by atoms with E-state index in [2.05, 4.69) is 10.2 Å². The summed E-state index contributed by atoms with van der Waals surface area (Å²) >= 11 is 4.41. The van der Waals surface area contributed by atoms with Gasteiger partial charge >= 0.3 is 11.9 Å². The highest BCUT2D eigenvalue weighted by atomic mass is 32.2. The fourth-order valence-corrected chi connectivity index (χ4v) is 5.83. The fourth-order valence-electron chi connectivity index (χ4n) is 2.59. The van der Waals surface area contributed by atoms with Gasteiger partial charge in [-0.25, -0.2) is 4.79 Å². The molecule has 2 N–H and O–H groups in total. The van der Waals surface area contributed by atoms with Gasteiger partial charge in [-0.2, -0.15) is 0 Å². The van der Waals surface area contributed by atoms with Crippen LogP contribution in [0.15, 0.2) is 15.6 Å². The van der Waals surface area contributed by atoms with Gasteiger partial charge in [0.15, 0.2) is 4.34 Å². The molecule has 3 rings (SSSR count). The molecule has 2 atom stereocenters. The maximum atomic E-state index is 12.7. The summed E-state index contributed by atoms with van der Waals surface area (Å²) in [6.07, 6.45) is 0. The predicted molar refractivity (Wildman–Crippen MR) is 110 cm³/mol. The van der Waals surface area contributed by atoms with Crippen LogP contribution in [0.2, 0.25) is 0 Å². The molecule has 0 radical (unpaired) electrons. The number of carbonyl (C=O) groups is 3. The van der Waals surface area contributed by atoms with Gasteiger partial charge in [-0.1, -0.05) is 23.1 Å². The van der Waals surface area contributed by atoms with Crippen LogP contribution in [0.1, 0.15) is 25.8 Å². The maximum Gasteiger partial charge on any atom is 0.357 e. The minimum atomic E-state index is -0.708. The van der Waals surface area contributed by atoms with Crippen molar-refractivity contribution in [3.63, 3.8) is 0 Å². The molecule has 0 aromatic carbocycles. The predicted octanol–water partition coefficient (Wildman–Crippen LogP) is 1.53. The van der Waals surface area contributed by atoms with Crippen molar-refractivity contribution in [3.8, 4) is 0 Å². The number of hydrogen-bond donors (Lipinski definition) is 1. The minimum absolute atomic E-state index is 0.181. The van der Waals surface area contributed by atoms with Crippen LogP contribution in [-0.4, -0.2) is 62.7 Å². The zero-order chi connectivity index (χ0) is 21.3. The summed E-state index contributed by atoms with van der Waals surface area (Å²) in [6.45, 7) is 6.46. The Balaban J connectivity index is 1.72. The minimum Gasteiger partial charge on any atom is -0.427 e. The number of ether oxygens (including phenoxy) is 2. The van der Waals surface area contributed by atoms with Crippen LogP contribution in [0.25, 0.3) is 0 Å². The Kier molecular flexibility index (Phi) is 6.56. The van der Waals surface area contributed by atoms with Gasteiger partial charge in [-0.3, -0.25) is 14.5 Å². The smallest absolute Gasteiger partial charge is 0.357 e. The highest BCUT2D eigenvalue weighted by molar-refractivity contribution is 8.01. The lowest BCUT2D eigenvalue weighted by molar-refractivity contribution is -0.173. The van der Waals surface area contributed by atoms with Crippen LogP contribution in [0, 0.1) is 12.3 Å². The highest BCUT2D eigenvalue weighted by Crippen LogP contribution is 2.41. The first-order valence-corrected chi connectivity index (χ1v) is 11.6. The number of esters is 2. The Morgan fingerprint density at radius 2 is 2.03 bits per heavy atom. The van der Waals surface area contributed by atoms with E-state index in [9.17, 15) is 14.4 Å². The van der Waals surface area contributed by atoms with E-state index in [0.29, 0.717) is 11.5 Å². The second-order valence-corrected chi connectivity index (χ2v) is 11.0. The SMILES string of the molecule is Cc1nnc(SCC2=C(C(=O)OCOC(=O)C(C)(C)C)N3C(=O)C(N)[C@@H]3SC2)s1. The molecule has 3 heterocycles. The van der Waals surface area contributed by atoms with Gasteiger partial charge in [0.2, 0.25) is 12.7 Å². The zero-order valence-electron chi connectivity index (χ0n) is 16.5. The summed E-state index contributed by atoms with van der Waals surface area (Å²) in [7, 11) is 0. The lowest BCUT2D eigenvalue weighted by Crippen LogP contribution is -2.68. The lowest BCUT2D eigenvalue weighted by Gasteiger charge is -2.48. The number of aromatic nitrogens is 2. The summed E-state index contributed by atoms with van der Waals surface area (Å²) in [5.41, 5.74) is 6.08. The summed E-state index contributed by atoms with van der Waals surface area (Å²) in [4.78, 5) is 38.3. The first-order chi connectivity index (χ1) is 13.6. The monoisotopic (exact) mass is 458 g/mol. The molecule has 0 bridgehead atoms. The van der Waals surface area contributed by atoms with Crippen LogP contribution < -0.4 is 5.73 Å². The molecule has 2 aliphatic rings. The van der Waals surface area contributed by atoms with Gasteiger partial charge in [0.1, 0.15) is 22.1 Å². The molecule has 1 unspecified atom stereocenters. The number of thioether (sulfide) groups is 2. The molecule has 0 aliphatic carbocycles. The van der Waals surface area contributed by atoms with Gasteiger partial charge in [-0.15, -0.1) is 22.0 Å². The quantitative estimate of drug-likeness (QED) is 0.290. The Morgan fingerprint density at radius 3 is 2.66 bits per heavy atom. The summed E-state index contributed by atoms with van der Waals surface area (Å²) in [6, 6.07) is -0.637.